The largest absolute Gasteiger partial charge is 0.494 e. The quantitative estimate of drug-likeness (QED) is 0.735. The van der Waals surface area contributed by atoms with E-state index < -0.39 is 5.41 Å². The molecule has 0 aliphatic carbocycles. The minimum atomic E-state index is -0.648. The summed E-state index contributed by atoms with van der Waals surface area (Å²) in [5.74, 6) is 0.981. The van der Waals surface area contributed by atoms with Gasteiger partial charge >= 0.3 is 0 Å². The number of hydrogen-bond acceptors (Lipinski definition) is 4. The van der Waals surface area contributed by atoms with Crippen molar-refractivity contribution in [3.63, 3.8) is 0 Å². The van der Waals surface area contributed by atoms with Gasteiger partial charge in [-0.25, -0.2) is 0 Å². The summed E-state index contributed by atoms with van der Waals surface area (Å²) < 4.78 is 5.46. The van der Waals surface area contributed by atoms with Gasteiger partial charge in [-0.3, -0.25) is 14.4 Å². The molecule has 0 bridgehead atoms. The molecule has 0 saturated carbocycles. The van der Waals surface area contributed by atoms with E-state index in [1.165, 1.54) is 0 Å². The zero-order valence-corrected chi connectivity index (χ0v) is 17.9. The fourth-order valence-electron chi connectivity index (χ4n) is 5.19. The molecule has 2 unspecified atom stereocenters. The van der Waals surface area contributed by atoms with Gasteiger partial charge in [-0.2, -0.15) is 0 Å². The van der Waals surface area contributed by atoms with Crippen LogP contribution in [0.1, 0.15) is 32.3 Å². The lowest BCUT2D eigenvalue weighted by Crippen LogP contribution is -2.49. The Morgan fingerprint density at radius 2 is 1.63 bits per heavy atom. The average Bonchev–Trinajstić information content (AvgIpc) is 3.44. The Morgan fingerprint density at radius 3 is 2.27 bits per heavy atom. The fraction of sp³-hybridized carbons (Fsp3) is 0.609. The lowest BCUT2D eigenvalue weighted by atomic mass is 9.79. The van der Waals surface area contributed by atoms with E-state index in [2.05, 4.69) is 0 Å². The molecule has 3 heterocycles. The van der Waals surface area contributed by atoms with Gasteiger partial charge in [0.1, 0.15) is 5.75 Å². The summed E-state index contributed by atoms with van der Waals surface area (Å²) in [6, 6.07) is 7.60. The first-order valence-corrected chi connectivity index (χ1v) is 11.0. The summed E-state index contributed by atoms with van der Waals surface area (Å²) in [6.45, 7) is 7.61. The predicted molar refractivity (Wildman–Crippen MR) is 112 cm³/mol. The molecule has 3 aliphatic rings. The van der Waals surface area contributed by atoms with E-state index in [1.54, 1.807) is 11.8 Å². The summed E-state index contributed by atoms with van der Waals surface area (Å²) in [5.41, 5.74) is 0.288. The predicted octanol–water partition coefficient (Wildman–Crippen LogP) is 1.56. The van der Waals surface area contributed by atoms with Gasteiger partial charge in [-0.05, 0) is 37.5 Å². The normalized spacial score (nSPS) is 25.5. The molecule has 3 aliphatic heterocycles. The molecule has 162 valence electrons. The Hall–Kier alpha value is -2.57. The first-order valence-electron chi connectivity index (χ1n) is 11.0. The van der Waals surface area contributed by atoms with E-state index in [4.69, 9.17) is 4.74 Å². The van der Waals surface area contributed by atoms with Gasteiger partial charge in [-0.15, -0.1) is 0 Å². The number of nitrogens with zero attached hydrogens (tertiary/aromatic N) is 3. The molecule has 4 rings (SSSR count). The van der Waals surface area contributed by atoms with Crippen LogP contribution in [0.5, 0.6) is 5.75 Å². The number of amides is 3. The molecule has 1 aromatic rings. The lowest BCUT2D eigenvalue weighted by molar-refractivity contribution is -0.142. The zero-order chi connectivity index (χ0) is 21.3. The van der Waals surface area contributed by atoms with Crippen molar-refractivity contribution in [2.45, 2.75) is 33.1 Å². The molecule has 3 fully saturated rings. The maximum Gasteiger partial charge on any atom is 0.232 e. The highest BCUT2D eigenvalue weighted by atomic mass is 16.5. The van der Waals surface area contributed by atoms with Crippen molar-refractivity contribution in [3.8, 4) is 5.75 Å². The van der Waals surface area contributed by atoms with Crippen LogP contribution in [-0.2, 0) is 20.8 Å². The molecule has 30 heavy (non-hydrogen) atoms. The van der Waals surface area contributed by atoms with E-state index in [9.17, 15) is 14.4 Å². The van der Waals surface area contributed by atoms with Crippen LogP contribution in [-0.4, -0.2) is 78.3 Å². The monoisotopic (exact) mass is 413 g/mol. The standard InChI is InChI=1S/C23H31N3O4/c1-3-30-20-8-6-18(7-9-20)12-21(28)26-14-19-13-25(17(2)27)15-23(19,16-26)22(29)24-10-4-5-11-24/h6-9,19H,3-5,10-16H2,1-2H3. The molecule has 0 N–H and O–H groups in total. The van der Waals surface area contributed by atoms with E-state index in [-0.39, 0.29) is 23.6 Å². The molecule has 3 amide bonds. The van der Waals surface area contributed by atoms with Crippen LogP contribution in [0.4, 0.5) is 0 Å². The number of ether oxygens (including phenoxy) is 1. The third-order valence-electron chi connectivity index (χ3n) is 6.82. The molecule has 0 radical (unpaired) electrons. The van der Waals surface area contributed by atoms with Crippen molar-refractivity contribution in [2.75, 3.05) is 45.9 Å². The Labute approximate surface area is 177 Å². The Morgan fingerprint density at radius 1 is 1.00 bits per heavy atom. The van der Waals surface area contributed by atoms with Crippen LogP contribution in [0, 0.1) is 11.3 Å². The van der Waals surface area contributed by atoms with Crippen LogP contribution < -0.4 is 4.74 Å². The van der Waals surface area contributed by atoms with Crippen molar-refractivity contribution in [3.05, 3.63) is 29.8 Å². The number of rotatable bonds is 5. The maximum absolute atomic E-state index is 13.5. The SMILES string of the molecule is CCOc1ccc(CC(=O)N2CC3CN(C(C)=O)CC3(C(=O)N3CCCC3)C2)cc1. The van der Waals surface area contributed by atoms with Gasteiger partial charge in [-0.1, -0.05) is 12.1 Å². The number of likely N-dealkylation sites (tertiary alicyclic amines) is 3. The molecule has 2 atom stereocenters. The lowest BCUT2D eigenvalue weighted by Gasteiger charge is -2.32. The number of fused-ring (bicyclic) bond motifs is 1. The molecule has 0 spiro atoms. The van der Waals surface area contributed by atoms with Gasteiger partial charge in [0.25, 0.3) is 0 Å². The van der Waals surface area contributed by atoms with Gasteiger partial charge in [0.2, 0.25) is 17.7 Å². The van der Waals surface area contributed by atoms with Crippen LogP contribution in [0.3, 0.4) is 0 Å². The van der Waals surface area contributed by atoms with Crippen LogP contribution in [0.2, 0.25) is 0 Å². The van der Waals surface area contributed by atoms with Crippen molar-refractivity contribution in [1.82, 2.24) is 14.7 Å². The summed E-state index contributed by atoms with van der Waals surface area (Å²) in [6.07, 6.45) is 2.37. The van der Waals surface area contributed by atoms with Crippen LogP contribution in [0.15, 0.2) is 24.3 Å². The van der Waals surface area contributed by atoms with Crippen molar-refractivity contribution in [1.29, 1.82) is 0 Å². The highest BCUT2D eigenvalue weighted by molar-refractivity contribution is 5.88. The molecule has 7 nitrogen and oxygen atoms in total. The van der Waals surface area contributed by atoms with Gasteiger partial charge in [0.15, 0.2) is 0 Å². The van der Waals surface area contributed by atoms with E-state index in [0.29, 0.717) is 39.2 Å². The number of benzene rings is 1. The minimum absolute atomic E-state index is 0.00487. The summed E-state index contributed by atoms with van der Waals surface area (Å²) in [4.78, 5) is 44.1. The molecule has 0 aromatic heterocycles. The van der Waals surface area contributed by atoms with E-state index >= 15 is 0 Å². The number of carbonyl (C=O) groups excluding carboxylic acids is 3. The first-order chi connectivity index (χ1) is 14.4. The van der Waals surface area contributed by atoms with Gasteiger partial charge in [0.05, 0.1) is 18.4 Å². The minimum Gasteiger partial charge on any atom is -0.494 e. The smallest absolute Gasteiger partial charge is 0.232 e. The van der Waals surface area contributed by atoms with Gasteiger partial charge < -0.3 is 19.4 Å². The maximum atomic E-state index is 13.5. The Bertz CT molecular complexity index is 818. The topological polar surface area (TPSA) is 70.2 Å². The van der Waals surface area contributed by atoms with E-state index in [1.807, 2.05) is 41.0 Å². The summed E-state index contributed by atoms with van der Waals surface area (Å²) in [5, 5.41) is 0. The second kappa shape index (κ2) is 8.28. The van der Waals surface area contributed by atoms with Gasteiger partial charge in [0, 0.05) is 52.1 Å². The third kappa shape index (κ3) is 3.77. The second-order valence-electron chi connectivity index (χ2n) is 8.78. The van der Waals surface area contributed by atoms with Crippen molar-refractivity contribution in [2.24, 2.45) is 11.3 Å². The van der Waals surface area contributed by atoms with Crippen molar-refractivity contribution < 1.29 is 19.1 Å². The zero-order valence-electron chi connectivity index (χ0n) is 17.9. The van der Waals surface area contributed by atoms with Crippen LogP contribution >= 0.6 is 0 Å². The Kier molecular flexibility index (Phi) is 5.71. The summed E-state index contributed by atoms with van der Waals surface area (Å²) >= 11 is 0. The molecule has 7 heteroatoms. The second-order valence-corrected chi connectivity index (χ2v) is 8.78. The molecule has 3 saturated heterocycles. The Balaban J connectivity index is 1.48. The van der Waals surface area contributed by atoms with Crippen LogP contribution in [0.25, 0.3) is 0 Å². The fourth-order valence-corrected chi connectivity index (χ4v) is 5.19. The van der Waals surface area contributed by atoms with E-state index in [0.717, 1.165) is 37.2 Å². The number of carbonyl (C=O) groups is 3. The highest BCUT2D eigenvalue weighted by Gasteiger charge is 2.59. The average molecular weight is 414 g/mol. The molecular formula is C23H31N3O4. The number of hydrogen-bond donors (Lipinski definition) is 0. The third-order valence-corrected chi connectivity index (χ3v) is 6.82. The molecule has 1 aromatic carbocycles. The molecular weight excluding hydrogens is 382 g/mol. The highest BCUT2D eigenvalue weighted by Crippen LogP contribution is 2.44. The summed E-state index contributed by atoms with van der Waals surface area (Å²) in [7, 11) is 0. The van der Waals surface area contributed by atoms with Crippen molar-refractivity contribution >= 4 is 17.7 Å². The first kappa shape index (κ1) is 20.7.